The molecule has 20 heavy (non-hydrogen) atoms. The van der Waals surface area contributed by atoms with E-state index in [1.54, 1.807) is 24.3 Å². The average Bonchev–Trinajstić information content (AvgIpc) is 2.46. The van der Waals surface area contributed by atoms with Crippen LogP contribution in [0, 0.1) is 0 Å². The lowest BCUT2D eigenvalue weighted by atomic mass is 10.1. The van der Waals surface area contributed by atoms with Crippen molar-refractivity contribution in [1.82, 2.24) is 0 Å². The van der Waals surface area contributed by atoms with Gasteiger partial charge in [-0.3, -0.25) is 4.79 Å². The summed E-state index contributed by atoms with van der Waals surface area (Å²) in [5.74, 6) is -6.34. The molecule has 0 N–H and O–H groups in total. The molecule has 0 radical (unpaired) electrons. The van der Waals surface area contributed by atoms with Crippen molar-refractivity contribution in [3.8, 4) is 5.75 Å². The summed E-state index contributed by atoms with van der Waals surface area (Å²) in [4.78, 5) is 21.8. The number of Topliss-reactive ketones (excluding diaryl/α,β-unsaturated/α-hetero) is 1. The van der Waals surface area contributed by atoms with Gasteiger partial charge in [0.2, 0.25) is 0 Å². The molecule has 0 unspecified atom stereocenters. The largest absolute Gasteiger partial charge is 0.494 e. The summed E-state index contributed by atoms with van der Waals surface area (Å²) in [6, 6.07) is 8.97. The number of hydrogen-bond donors (Lipinski definition) is 0. The third-order valence-corrected chi connectivity index (χ3v) is 2.60. The van der Waals surface area contributed by atoms with Crippen LogP contribution in [0.15, 0.2) is 30.3 Å². The van der Waals surface area contributed by atoms with Gasteiger partial charge in [-0.1, -0.05) is 18.2 Å². The first-order chi connectivity index (χ1) is 9.47. The van der Waals surface area contributed by atoms with Gasteiger partial charge in [0.15, 0.2) is 0 Å². The van der Waals surface area contributed by atoms with Crippen LogP contribution in [0.1, 0.15) is 19.3 Å². The van der Waals surface area contributed by atoms with E-state index < -0.39 is 24.1 Å². The zero-order valence-electron chi connectivity index (χ0n) is 11.1. The summed E-state index contributed by atoms with van der Waals surface area (Å²) >= 11 is 0. The number of esters is 1. The molecular weight excluding hydrogens is 270 g/mol. The lowest BCUT2D eigenvalue weighted by Gasteiger charge is -2.13. The fourth-order valence-electron chi connectivity index (χ4n) is 1.51. The number of carbonyl (C=O) groups excluding carboxylic acids is 2. The van der Waals surface area contributed by atoms with E-state index >= 15 is 0 Å². The van der Waals surface area contributed by atoms with E-state index in [9.17, 15) is 18.4 Å². The van der Waals surface area contributed by atoms with Crippen molar-refractivity contribution in [2.75, 3.05) is 13.7 Å². The number of ether oxygens (including phenoxy) is 2. The Morgan fingerprint density at radius 3 is 2.40 bits per heavy atom. The van der Waals surface area contributed by atoms with Crippen LogP contribution in [0.3, 0.4) is 0 Å². The number of unbranched alkanes of at least 4 members (excludes halogenated alkanes) is 1. The molecule has 0 amide bonds. The highest BCUT2D eigenvalue weighted by Gasteiger charge is 2.43. The fourth-order valence-corrected chi connectivity index (χ4v) is 1.51. The number of halogens is 2. The molecular formula is C14H16F2O4. The number of methoxy groups -OCH3 is 1. The lowest BCUT2D eigenvalue weighted by Crippen LogP contribution is -2.35. The van der Waals surface area contributed by atoms with Crippen LogP contribution in [-0.2, 0) is 14.3 Å². The predicted octanol–water partition coefficient (Wildman–Crippen LogP) is 2.61. The van der Waals surface area contributed by atoms with Crippen LogP contribution in [0.5, 0.6) is 5.75 Å². The molecule has 0 aliphatic heterocycles. The van der Waals surface area contributed by atoms with Crippen LogP contribution in [0.2, 0.25) is 0 Å². The Morgan fingerprint density at radius 1 is 1.15 bits per heavy atom. The Morgan fingerprint density at radius 2 is 1.80 bits per heavy atom. The van der Waals surface area contributed by atoms with Gasteiger partial charge in [0.25, 0.3) is 0 Å². The van der Waals surface area contributed by atoms with Gasteiger partial charge in [-0.15, -0.1) is 0 Å². The first-order valence-electron chi connectivity index (χ1n) is 6.16. The number of rotatable bonds is 8. The van der Waals surface area contributed by atoms with Gasteiger partial charge in [0, 0.05) is 6.42 Å². The number of carbonyl (C=O) groups is 2. The first kappa shape index (κ1) is 16.1. The predicted molar refractivity (Wildman–Crippen MR) is 67.8 cm³/mol. The highest BCUT2D eigenvalue weighted by molar-refractivity contribution is 6.36. The molecule has 0 aliphatic rings. The van der Waals surface area contributed by atoms with Crippen molar-refractivity contribution in [2.45, 2.75) is 25.2 Å². The highest BCUT2D eigenvalue weighted by atomic mass is 19.3. The van der Waals surface area contributed by atoms with E-state index in [1.807, 2.05) is 6.07 Å². The zero-order chi connectivity index (χ0) is 15.0. The average molecular weight is 286 g/mol. The van der Waals surface area contributed by atoms with Gasteiger partial charge in [0.05, 0.1) is 13.7 Å². The number of para-hydroxylation sites is 1. The third kappa shape index (κ3) is 4.95. The molecule has 4 nitrogen and oxygen atoms in total. The molecule has 6 heteroatoms. The normalized spacial score (nSPS) is 10.9. The first-order valence-corrected chi connectivity index (χ1v) is 6.16. The van der Waals surface area contributed by atoms with E-state index in [0.717, 1.165) is 7.11 Å². The van der Waals surface area contributed by atoms with Crippen LogP contribution in [-0.4, -0.2) is 31.4 Å². The Balaban J connectivity index is 2.26. The second-order valence-electron chi connectivity index (χ2n) is 4.14. The quantitative estimate of drug-likeness (QED) is 0.419. The van der Waals surface area contributed by atoms with Crippen molar-refractivity contribution < 1.29 is 27.8 Å². The zero-order valence-corrected chi connectivity index (χ0v) is 11.1. The summed E-state index contributed by atoms with van der Waals surface area (Å²) in [7, 11) is 0.893. The maximum atomic E-state index is 13.3. The number of benzene rings is 1. The Hall–Kier alpha value is -1.98. The number of hydrogen-bond acceptors (Lipinski definition) is 4. The molecule has 0 saturated carbocycles. The Labute approximate surface area is 115 Å². The minimum atomic E-state index is -3.68. The van der Waals surface area contributed by atoms with E-state index in [1.165, 1.54) is 0 Å². The third-order valence-electron chi connectivity index (χ3n) is 2.60. The van der Waals surface area contributed by atoms with Gasteiger partial charge in [-0.05, 0) is 25.0 Å². The monoisotopic (exact) mass is 286 g/mol. The van der Waals surface area contributed by atoms with Gasteiger partial charge < -0.3 is 9.47 Å². The fraction of sp³-hybridized carbons (Fsp3) is 0.429. The molecule has 0 heterocycles. The summed E-state index contributed by atoms with van der Waals surface area (Å²) in [6.07, 6.45) is -0.263. The smallest absolute Gasteiger partial charge is 0.380 e. The van der Waals surface area contributed by atoms with E-state index in [4.69, 9.17) is 4.74 Å². The molecule has 0 bridgehead atoms. The van der Waals surface area contributed by atoms with Crippen LogP contribution >= 0.6 is 0 Å². The standard InChI is InChI=1S/C14H16F2O4/c1-19-13(18)12(17)14(15,16)9-5-6-10-20-11-7-3-2-4-8-11/h2-4,7-8H,5-6,9-10H2,1H3. The second-order valence-corrected chi connectivity index (χ2v) is 4.14. The molecule has 0 aromatic heterocycles. The molecule has 1 aromatic carbocycles. The summed E-state index contributed by atoms with van der Waals surface area (Å²) in [5, 5.41) is 0. The minimum absolute atomic E-state index is 0.0720. The maximum absolute atomic E-state index is 13.3. The molecule has 0 fully saturated rings. The lowest BCUT2D eigenvalue weighted by molar-refractivity contribution is -0.164. The van der Waals surface area contributed by atoms with Crippen molar-refractivity contribution in [1.29, 1.82) is 0 Å². The van der Waals surface area contributed by atoms with E-state index in [-0.39, 0.29) is 13.0 Å². The second kappa shape index (κ2) is 7.57. The van der Waals surface area contributed by atoms with Gasteiger partial charge in [-0.25, -0.2) is 4.79 Å². The van der Waals surface area contributed by atoms with Crippen molar-refractivity contribution >= 4 is 11.8 Å². The SMILES string of the molecule is COC(=O)C(=O)C(F)(F)CCCCOc1ccccc1. The Kier molecular flexibility index (Phi) is 6.09. The van der Waals surface area contributed by atoms with Gasteiger partial charge >= 0.3 is 17.7 Å². The minimum Gasteiger partial charge on any atom is -0.494 e. The number of ketones is 1. The summed E-state index contributed by atoms with van der Waals surface area (Å²) in [6.45, 7) is 0.270. The highest BCUT2D eigenvalue weighted by Crippen LogP contribution is 2.23. The molecule has 110 valence electrons. The topological polar surface area (TPSA) is 52.6 Å². The van der Waals surface area contributed by atoms with Gasteiger partial charge in [0.1, 0.15) is 5.75 Å². The molecule has 0 atom stereocenters. The summed E-state index contributed by atoms with van der Waals surface area (Å²) in [5.41, 5.74) is 0. The van der Waals surface area contributed by atoms with Crippen molar-refractivity contribution in [3.05, 3.63) is 30.3 Å². The summed E-state index contributed by atoms with van der Waals surface area (Å²) < 4.78 is 35.9. The van der Waals surface area contributed by atoms with Crippen molar-refractivity contribution in [3.63, 3.8) is 0 Å². The van der Waals surface area contributed by atoms with Gasteiger partial charge in [-0.2, -0.15) is 8.78 Å². The van der Waals surface area contributed by atoms with Crippen molar-refractivity contribution in [2.24, 2.45) is 0 Å². The molecule has 1 aromatic rings. The Bertz CT molecular complexity index is 446. The maximum Gasteiger partial charge on any atom is 0.380 e. The molecule has 0 aliphatic carbocycles. The van der Waals surface area contributed by atoms with Crippen LogP contribution in [0.25, 0.3) is 0 Å². The van der Waals surface area contributed by atoms with E-state index in [2.05, 4.69) is 4.74 Å². The van der Waals surface area contributed by atoms with Crippen LogP contribution < -0.4 is 4.74 Å². The van der Waals surface area contributed by atoms with Crippen LogP contribution in [0.4, 0.5) is 8.78 Å². The molecule has 1 rings (SSSR count). The number of alkyl halides is 2. The molecule has 0 spiro atoms. The van der Waals surface area contributed by atoms with E-state index in [0.29, 0.717) is 12.2 Å². The molecule has 0 saturated heterocycles.